The van der Waals surface area contributed by atoms with Crippen LogP contribution < -0.4 is 4.80 Å². The van der Waals surface area contributed by atoms with Gasteiger partial charge in [0.1, 0.15) is 5.69 Å². The molecule has 0 aliphatic heterocycles. The van der Waals surface area contributed by atoms with Gasteiger partial charge in [0.05, 0.1) is 37.4 Å². The number of hydrogen-bond acceptors (Lipinski definition) is 8. The zero-order chi connectivity index (χ0) is 23.5. The van der Waals surface area contributed by atoms with Gasteiger partial charge in [0.2, 0.25) is 0 Å². The molecular formula is C19H13IN5O6S2+. The number of nitrogens with zero attached hydrogens (tertiary/aromatic N) is 5. The molecule has 4 rings (SSSR count). The summed E-state index contributed by atoms with van der Waals surface area (Å²) in [5.74, 6) is 0.224. The standard InChI is InChI=1S/C19H12IN5O6S2/c20-12-1-3-13(4-2-12)23-21-19(17-10-9-16(33(29)30)11-18(17)32-31-28)22-24(23)14-5-7-15(8-6-14)25(26)27/h1-11H,(H-,28,29,30)/p+1. The zero-order valence-corrected chi connectivity index (χ0v) is 20.1. The molecule has 1 unspecified atom stereocenters. The SMILES string of the molecule is O=[N+]([O-])c1ccc(-n2nc(-c3ccc(S(=O)O)cc3SOO)n[n+]2-c2ccc(I)cc2)cc1. The summed E-state index contributed by atoms with van der Waals surface area (Å²) in [6, 6.07) is 17.6. The lowest BCUT2D eigenvalue weighted by atomic mass is 10.2. The molecule has 3 aromatic carbocycles. The van der Waals surface area contributed by atoms with Crippen LogP contribution in [0.25, 0.3) is 22.8 Å². The predicted octanol–water partition coefficient (Wildman–Crippen LogP) is 3.80. The number of benzene rings is 3. The molecule has 1 aromatic heterocycles. The molecule has 2 N–H and O–H groups in total. The van der Waals surface area contributed by atoms with Crippen molar-refractivity contribution in [3.63, 3.8) is 0 Å². The Morgan fingerprint density at radius 3 is 2.42 bits per heavy atom. The van der Waals surface area contributed by atoms with E-state index in [1.165, 1.54) is 33.9 Å². The summed E-state index contributed by atoms with van der Waals surface area (Å²) in [4.78, 5) is 13.9. The third-order valence-corrected chi connectivity index (χ3v) is 6.40. The fourth-order valence-electron chi connectivity index (χ4n) is 2.91. The average Bonchev–Trinajstić information content (AvgIpc) is 3.25. The maximum Gasteiger partial charge on any atom is 0.341 e. The fourth-order valence-corrected chi connectivity index (χ4v) is 4.26. The number of aromatic nitrogens is 4. The topological polar surface area (TPSA) is 144 Å². The lowest BCUT2D eigenvalue weighted by Crippen LogP contribution is -2.43. The Kier molecular flexibility index (Phi) is 7.11. The van der Waals surface area contributed by atoms with Crippen molar-refractivity contribution in [3.8, 4) is 22.8 Å². The number of nitro groups is 1. The molecule has 0 amide bonds. The van der Waals surface area contributed by atoms with E-state index in [-0.39, 0.29) is 16.4 Å². The molecule has 0 fully saturated rings. The second-order valence-electron chi connectivity index (χ2n) is 6.42. The largest absolute Gasteiger partial charge is 0.341 e. The van der Waals surface area contributed by atoms with Crippen LogP contribution in [-0.4, -0.2) is 33.9 Å². The first-order valence-electron chi connectivity index (χ1n) is 9.01. The van der Waals surface area contributed by atoms with Gasteiger partial charge < -0.3 is 4.55 Å². The monoisotopic (exact) mass is 598 g/mol. The normalized spacial score (nSPS) is 12.0. The molecule has 168 valence electrons. The minimum atomic E-state index is -2.23. The molecule has 11 nitrogen and oxygen atoms in total. The van der Waals surface area contributed by atoms with Crippen molar-refractivity contribution < 1.29 is 28.1 Å². The lowest BCUT2D eigenvalue weighted by Gasteiger charge is -2.02. The van der Waals surface area contributed by atoms with Gasteiger partial charge in [-0.2, -0.15) is 4.33 Å². The molecule has 14 heteroatoms. The fraction of sp³-hybridized carbons (Fsp3) is 0. The van der Waals surface area contributed by atoms with Crippen LogP contribution in [-0.2, 0) is 15.4 Å². The van der Waals surface area contributed by atoms with Crippen LogP contribution in [0.2, 0.25) is 0 Å². The van der Waals surface area contributed by atoms with Gasteiger partial charge in [-0.15, -0.1) is 0 Å². The van der Waals surface area contributed by atoms with E-state index in [0.29, 0.717) is 33.9 Å². The first-order valence-corrected chi connectivity index (χ1v) is 11.9. The van der Waals surface area contributed by atoms with Crippen LogP contribution in [0.15, 0.2) is 76.5 Å². The Labute approximate surface area is 206 Å². The molecule has 1 heterocycles. The third kappa shape index (κ3) is 5.10. The number of rotatable bonds is 7. The Hall–Kier alpha value is -2.76. The average molecular weight is 598 g/mol. The molecule has 0 aliphatic rings. The molecular weight excluding hydrogens is 585 g/mol. The number of tetrazole rings is 1. The van der Waals surface area contributed by atoms with Crippen LogP contribution >= 0.6 is 34.6 Å². The first kappa shape index (κ1) is 23.4. The van der Waals surface area contributed by atoms with E-state index in [1.807, 2.05) is 24.3 Å². The Balaban J connectivity index is 1.89. The highest BCUT2D eigenvalue weighted by Gasteiger charge is 2.26. The van der Waals surface area contributed by atoms with E-state index in [2.05, 4.69) is 37.1 Å². The molecule has 0 radical (unpaired) electrons. The highest BCUT2D eigenvalue weighted by atomic mass is 127. The minimum absolute atomic E-state index is 0.0636. The van der Waals surface area contributed by atoms with Crippen molar-refractivity contribution in [2.75, 3.05) is 0 Å². The molecule has 0 aliphatic carbocycles. The van der Waals surface area contributed by atoms with E-state index in [9.17, 15) is 18.9 Å². The Morgan fingerprint density at radius 2 is 1.82 bits per heavy atom. The summed E-state index contributed by atoms with van der Waals surface area (Å²) in [5, 5.41) is 29.1. The van der Waals surface area contributed by atoms with Gasteiger partial charge in [-0.1, -0.05) is 0 Å². The molecule has 1 atom stereocenters. The maximum absolute atomic E-state index is 11.4. The molecule has 4 aromatic rings. The van der Waals surface area contributed by atoms with Crippen LogP contribution in [0.1, 0.15) is 0 Å². The second kappa shape index (κ2) is 10.0. The van der Waals surface area contributed by atoms with Crippen LogP contribution in [0.3, 0.4) is 0 Å². The van der Waals surface area contributed by atoms with Crippen molar-refractivity contribution in [2.24, 2.45) is 0 Å². The van der Waals surface area contributed by atoms with Gasteiger partial charge in [-0.25, -0.2) is 9.47 Å². The van der Waals surface area contributed by atoms with Gasteiger partial charge >= 0.3 is 5.82 Å². The van der Waals surface area contributed by atoms with Crippen molar-refractivity contribution in [2.45, 2.75) is 9.79 Å². The minimum Gasteiger partial charge on any atom is -0.302 e. The van der Waals surface area contributed by atoms with Crippen LogP contribution in [0, 0.1) is 13.7 Å². The molecule has 0 spiro atoms. The van der Waals surface area contributed by atoms with E-state index < -0.39 is 16.0 Å². The Morgan fingerprint density at radius 1 is 1.12 bits per heavy atom. The van der Waals surface area contributed by atoms with Gasteiger partial charge in [-0.3, -0.25) is 10.1 Å². The number of hydrogen-bond donors (Lipinski definition) is 2. The molecule has 0 bridgehead atoms. The zero-order valence-electron chi connectivity index (χ0n) is 16.3. The van der Waals surface area contributed by atoms with E-state index in [1.54, 1.807) is 18.2 Å². The van der Waals surface area contributed by atoms with Gasteiger partial charge in [0, 0.05) is 20.5 Å². The van der Waals surface area contributed by atoms with Crippen molar-refractivity contribution in [1.29, 1.82) is 0 Å². The second-order valence-corrected chi connectivity index (χ2v) is 9.39. The molecule has 0 saturated carbocycles. The van der Waals surface area contributed by atoms with E-state index in [0.717, 1.165) is 3.57 Å². The summed E-state index contributed by atoms with van der Waals surface area (Å²) in [6.07, 6.45) is 0. The molecule has 0 saturated heterocycles. The number of non-ortho nitro benzene ring substituents is 1. The van der Waals surface area contributed by atoms with Crippen molar-refractivity contribution >= 4 is 51.4 Å². The van der Waals surface area contributed by atoms with Gasteiger partial charge in [-0.05, 0) is 87.1 Å². The van der Waals surface area contributed by atoms with Crippen LogP contribution in [0.4, 0.5) is 5.69 Å². The first-order chi connectivity index (χ1) is 15.9. The summed E-state index contributed by atoms with van der Waals surface area (Å²) in [5.41, 5.74) is 1.56. The summed E-state index contributed by atoms with van der Waals surface area (Å²) in [7, 11) is 0. The Bertz CT molecular complexity index is 1350. The lowest BCUT2D eigenvalue weighted by molar-refractivity contribution is -0.734. The highest BCUT2D eigenvalue weighted by Crippen LogP contribution is 2.31. The van der Waals surface area contributed by atoms with Crippen LogP contribution in [0.5, 0.6) is 0 Å². The summed E-state index contributed by atoms with van der Waals surface area (Å²) < 4.78 is 26.0. The van der Waals surface area contributed by atoms with E-state index in [4.69, 9.17) is 5.26 Å². The maximum atomic E-state index is 11.4. The number of nitro benzene ring substituents is 1. The van der Waals surface area contributed by atoms with Gasteiger partial charge in [0.15, 0.2) is 16.8 Å². The predicted molar refractivity (Wildman–Crippen MR) is 126 cm³/mol. The van der Waals surface area contributed by atoms with Gasteiger partial charge in [0.25, 0.3) is 5.69 Å². The highest BCUT2D eigenvalue weighted by molar-refractivity contribution is 14.1. The summed E-state index contributed by atoms with van der Waals surface area (Å²) >= 11 is 0.526. The smallest absolute Gasteiger partial charge is 0.302 e. The quantitative estimate of drug-likeness (QED) is 0.0617. The number of halogens is 1. The van der Waals surface area contributed by atoms with Crippen molar-refractivity contribution in [3.05, 3.63) is 80.4 Å². The van der Waals surface area contributed by atoms with E-state index >= 15 is 0 Å². The molecule has 33 heavy (non-hydrogen) atoms. The van der Waals surface area contributed by atoms with Crippen molar-refractivity contribution in [1.82, 2.24) is 15.0 Å². The summed E-state index contributed by atoms with van der Waals surface area (Å²) in [6.45, 7) is 0. The third-order valence-electron chi connectivity index (χ3n) is 4.43.